The second-order valence-electron chi connectivity index (χ2n) is 7.85. The van der Waals surface area contributed by atoms with Crippen molar-refractivity contribution in [1.29, 1.82) is 0 Å². The molecular weight excluding hydrogens is 432 g/mol. The van der Waals surface area contributed by atoms with Gasteiger partial charge in [-0.15, -0.1) is 0 Å². The van der Waals surface area contributed by atoms with Crippen LogP contribution in [0.3, 0.4) is 0 Å². The third-order valence-corrected chi connectivity index (χ3v) is 5.68. The van der Waals surface area contributed by atoms with E-state index in [-0.39, 0.29) is 24.0 Å². The van der Waals surface area contributed by atoms with Crippen molar-refractivity contribution in [2.24, 2.45) is 0 Å². The second-order valence-corrected chi connectivity index (χ2v) is 7.85. The molecule has 0 atom stereocenters. The van der Waals surface area contributed by atoms with E-state index in [9.17, 15) is 13.6 Å². The molecule has 1 aromatic heterocycles. The highest BCUT2D eigenvalue weighted by atomic mass is 19.1. The van der Waals surface area contributed by atoms with Crippen LogP contribution in [-0.4, -0.2) is 54.2 Å². The fourth-order valence-corrected chi connectivity index (χ4v) is 3.72. The lowest BCUT2D eigenvalue weighted by Gasteiger charge is -2.34. The number of amides is 1. The van der Waals surface area contributed by atoms with Crippen molar-refractivity contribution < 1.29 is 27.6 Å². The van der Waals surface area contributed by atoms with Gasteiger partial charge in [-0.25, -0.2) is 8.78 Å². The monoisotopic (exact) mass is 457 g/mol. The first kappa shape index (κ1) is 22.7. The highest BCUT2D eigenvalue weighted by Gasteiger charge is 2.28. The van der Waals surface area contributed by atoms with Gasteiger partial charge >= 0.3 is 0 Å². The maximum Gasteiger partial charge on any atom is 0.276 e. The summed E-state index contributed by atoms with van der Waals surface area (Å²) >= 11 is 0. The van der Waals surface area contributed by atoms with Gasteiger partial charge in [0.05, 0.1) is 12.7 Å². The number of hydrogen-bond acceptors (Lipinski definition) is 6. The van der Waals surface area contributed by atoms with E-state index in [1.807, 2.05) is 24.3 Å². The lowest BCUT2D eigenvalue weighted by Crippen LogP contribution is -2.48. The predicted molar refractivity (Wildman–Crippen MR) is 116 cm³/mol. The molecule has 1 aliphatic rings. The molecule has 0 saturated carbocycles. The minimum Gasteiger partial charge on any atom is -0.497 e. The molecule has 1 amide bonds. The van der Waals surface area contributed by atoms with Crippen molar-refractivity contribution in [3.63, 3.8) is 0 Å². The Labute approximate surface area is 190 Å². The molecule has 33 heavy (non-hydrogen) atoms. The van der Waals surface area contributed by atoms with Crippen LogP contribution < -0.4 is 9.47 Å². The van der Waals surface area contributed by atoms with Crippen LogP contribution in [0.15, 0.2) is 47.0 Å². The molecule has 0 aliphatic carbocycles. The van der Waals surface area contributed by atoms with E-state index in [1.165, 1.54) is 11.6 Å². The quantitative estimate of drug-likeness (QED) is 0.538. The smallest absolute Gasteiger partial charge is 0.276 e. The van der Waals surface area contributed by atoms with E-state index in [4.69, 9.17) is 14.0 Å². The molecule has 0 unspecified atom stereocenters. The van der Waals surface area contributed by atoms with E-state index < -0.39 is 11.6 Å². The third-order valence-electron chi connectivity index (χ3n) is 5.68. The molecule has 174 valence electrons. The molecular formula is C24H25F2N3O4. The Bertz CT molecular complexity index is 1110. The number of rotatable bonds is 7. The zero-order valence-corrected chi connectivity index (χ0v) is 18.5. The predicted octanol–water partition coefficient (Wildman–Crippen LogP) is 3.81. The van der Waals surface area contributed by atoms with Gasteiger partial charge in [0.2, 0.25) is 0 Å². The third kappa shape index (κ3) is 5.31. The number of carbonyl (C=O) groups is 1. The number of aryl methyl sites for hydroxylation is 1. The minimum absolute atomic E-state index is 0.109. The van der Waals surface area contributed by atoms with Crippen molar-refractivity contribution in [3.05, 3.63) is 76.7 Å². The van der Waals surface area contributed by atoms with Gasteiger partial charge in [0.25, 0.3) is 5.91 Å². The minimum atomic E-state index is -0.815. The molecule has 2 heterocycles. The van der Waals surface area contributed by atoms with Gasteiger partial charge in [-0.05, 0) is 36.8 Å². The lowest BCUT2D eigenvalue weighted by atomic mass is 10.1. The van der Waals surface area contributed by atoms with Gasteiger partial charge in [-0.1, -0.05) is 17.3 Å². The van der Waals surface area contributed by atoms with Crippen LogP contribution in [0.1, 0.15) is 27.4 Å². The SMILES string of the molecule is COc1ccc(CN2CCN(C(=O)c3noc(C)c3COc3ccc(F)cc3F)CC2)cc1. The summed E-state index contributed by atoms with van der Waals surface area (Å²) in [5.74, 6) is -0.636. The number of hydrogen-bond donors (Lipinski definition) is 0. The average Bonchev–Trinajstić information content (AvgIpc) is 3.19. The van der Waals surface area contributed by atoms with Crippen molar-refractivity contribution in [1.82, 2.24) is 15.0 Å². The van der Waals surface area contributed by atoms with E-state index >= 15 is 0 Å². The summed E-state index contributed by atoms with van der Waals surface area (Å²) in [5.41, 5.74) is 1.78. The van der Waals surface area contributed by atoms with Gasteiger partial charge in [0.15, 0.2) is 17.3 Å². The fraction of sp³-hybridized carbons (Fsp3) is 0.333. The molecule has 0 radical (unpaired) electrons. The molecule has 0 N–H and O–H groups in total. The highest BCUT2D eigenvalue weighted by Crippen LogP contribution is 2.23. The largest absolute Gasteiger partial charge is 0.497 e. The molecule has 0 bridgehead atoms. The molecule has 4 rings (SSSR count). The summed E-state index contributed by atoms with van der Waals surface area (Å²) < 4.78 is 42.8. The Morgan fingerprint density at radius 1 is 1.09 bits per heavy atom. The summed E-state index contributed by atoms with van der Waals surface area (Å²) in [7, 11) is 1.64. The number of ether oxygens (including phenoxy) is 2. The summed E-state index contributed by atoms with van der Waals surface area (Å²) in [6.45, 7) is 4.88. The van der Waals surface area contributed by atoms with E-state index in [0.717, 1.165) is 37.5 Å². The van der Waals surface area contributed by atoms with Crippen molar-refractivity contribution >= 4 is 5.91 Å². The van der Waals surface area contributed by atoms with Crippen LogP contribution >= 0.6 is 0 Å². The van der Waals surface area contributed by atoms with Gasteiger partial charge in [0, 0.05) is 38.8 Å². The zero-order chi connectivity index (χ0) is 23.4. The average molecular weight is 457 g/mol. The van der Waals surface area contributed by atoms with Crippen molar-refractivity contribution in [3.8, 4) is 11.5 Å². The Morgan fingerprint density at radius 2 is 1.82 bits per heavy atom. The Morgan fingerprint density at radius 3 is 2.48 bits per heavy atom. The molecule has 3 aromatic rings. The lowest BCUT2D eigenvalue weighted by molar-refractivity contribution is 0.0616. The van der Waals surface area contributed by atoms with Crippen LogP contribution in [-0.2, 0) is 13.2 Å². The Hall–Kier alpha value is -3.46. The molecule has 1 saturated heterocycles. The highest BCUT2D eigenvalue weighted by molar-refractivity contribution is 5.93. The van der Waals surface area contributed by atoms with Crippen LogP contribution in [0.25, 0.3) is 0 Å². The number of halogens is 2. The van der Waals surface area contributed by atoms with E-state index in [2.05, 4.69) is 10.1 Å². The van der Waals surface area contributed by atoms with Gasteiger partial charge < -0.3 is 18.9 Å². The number of methoxy groups -OCH3 is 1. The standard InChI is InChI=1S/C24H25F2N3O4/c1-16-20(15-32-22-8-5-18(25)13-21(22)26)23(27-33-16)24(30)29-11-9-28(10-12-29)14-17-3-6-19(31-2)7-4-17/h3-8,13H,9-12,14-15H2,1-2H3. The summed E-state index contributed by atoms with van der Waals surface area (Å²) in [4.78, 5) is 17.1. The first-order chi connectivity index (χ1) is 15.9. The topological polar surface area (TPSA) is 68.0 Å². The number of nitrogens with zero attached hydrogens (tertiary/aromatic N) is 3. The molecule has 7 nitrogen and oxygen atoms in total. The fourth-order valence-electron chi connectivity index (χ4n) is 3.72. The van der Waals surface area contributed by atoms with E-state index in [0.29, 0.717) is 24.4 Å². The van der Waals surface area contributed by atoms with Crippen LogP contribution in [0.5, 0.6) is 11.5 Å². The number of aromatic nitrogens is 1. The number of piperazine rings is 1. The van der Waals surface area contributed by atoms with Crippen LogP contribution in [0, 0.1) is 18.6 Å². The molecule has 2 aromatic carbocycles. The number of benzene rings is 2. The molecule has 9 heteroatoms. The zero-order valence-electron chi connectivity index (χ0n) is 18.5. The Balaban J connectivity index is 1.36. The summed E-state index contributed by atoms with van der Waals surface area (Å²) in [6.07, 6.45) is 0. The first-order valence-corrected chi connectivity index (χ1v) is 10.6. The normalized spacial score (nSPS) is 14.4. The maximum atomic E-state index is 13.9. The number of carbonyl (C=O) groups excluding carboxylic acids is 1. The first-order valence-electron chi connectivity index (χ1n) is 10.6. The van der Waals surface area contributed by atoms with Gasteiger partial charge in [-0.3, -0.25) is 9.69 Å². The van der Waals surface area contributed by atoms with Crippen molar-refractivity contribution in [2.75, 3.05) is 33.3 Å². The van der Waals surface area contributed by atoms with Crippen molar-refractivity contribution in [2.45, 2.75) is 20.1 Å². The van der Waals surface area contributed by atoms with Gasteiger partial charge in [-0.2, -0.15) is 0 Å². The summed E-state index contributed by atoms with van der Waals surface area (Å²) in [6, 6.07) is 11.0. The van der Waals surface area contributed by atoms with Gasteiger partial charge in [0.1, 0.15) is 23.9 Å². The molecule has 1 fully saturated rings. The van der Waals surface area contributed by atoms with E-state index in [1.54, 1.807) is 18.9 Å². The Kier molecular flexibility index (Phi) is 6.88. The maximum absolute atomic E-state index is 13.9. The van der Waals surface area contributed by atoms with Crippen LogP contribution in [0.4, 0.5) is 8.78 Å². The second kappa shape index (κ2) is 9.99. The molecule has 1 aliphatic heterocycles. The molecule has 0 spiro atoms. The summed E-state index contributed by atoms with van der Waals surface area (Å²) in [5, 5.41) is 3.92. The van der Waals surface area contributed by atoms with Crippen LogP contribution in [0.2, 0.25) is 0 Å².